The maximum absolute atomic E-state index is 10.2. The summed E-state index contributed by atoms with van der Waals surface area (Å²) in [5, 5.41) is 22.7. The van der Waals surface area contributed by atoms with Crippen molar-refractivity contribution in [3.05, 3.63) is 66.9 Å². The van der Waals surface area contributed by atoms with Crippen molar-refractivity contribution in [2.24, 2.45) is 0 Å². The van der Waals surface area contributed by atoms with Gasteiger partial charge in [0.05, 0.1) is 11.4 Å². The van der Waals surface area contributed by atoms with Crippen LogP contribution in [0.5, 0.6) is 5.75 Å². The van der Waals surface area contributed by atoms with Crippen LogP contribution >= 0.6 is 0 Å². The second kappa shape index (κ2) is 9.69. The Labute approximate surface area is 203 Å². The molecule has 0 bridgehead atoms. The van der Waals surface area contributed by atoms with Crippen molar-refractivity contribution in [2.45, 2.75) is 19.5 Å². The number of hydrogen-bond acceptors (Lipinski definition) is 9. The van der Waals surface area contributed by atoms with E-state index < -0.39 is 0 Å². The summed E-state index contributed by atoms with van der Waals surface area (Å²) < 4.78 is 1.75. The summed E-state index contributed by atoms with van der Waals surface area (Å²) in [6, 6.07) is 12.9. The Balaban J connectivity index is 1.31. The highest BCUT2D eigenvalue weighted by Crippen LogP contribution is 2.33. The molecule has 1 atom stereocenters. The maximum atomic E-state index is 10.2. The fraction of sp³-hybridized carbons (Fsp3) is 0.240. The molecule has 0 spiro atoms. The predicted molar refractivity (Wildman–Crippen MR) is 134 cm³/mol. The van der Waals surface area contributed by atoms with E-state index in [9.17, 15) is 5.11 Å². The minimum absolute atomic E-state index is 0.136. The number of hydrogen-bond donors (Lipinski definition) is 2. The van der Waals surface area contributed by atoms with Crippen LogP contribution in [0.4, 0.5) is 17.3 Å². The lowest BCUT2D eigenvalue weighted by Gasteiger charge is -2.41. The summed E-state index contributed by atoms with van der Waals surface area (Å²) in [6.45, 7) is 4.83. The average Bonchev–Trinajstić information content (AvgIpc) is 3.39. The summed E-state index contributed by atoms with van der Waals surface area (Å²) in [7, 11) is 0. The van der Waals surface area contributed by atoms with E-state index in [1.165, 1.54) is 0 Å². The van der Waals surface area contributed by atoms with Crippen molar-refractivity contribution in [3.8, 4) is 28.8 Å². The van der Waals surface area contributed by atoms with Gasteiger partial charge in [-0.3, -0.25) is 4.68 Å². The largest absolute Gasteiger partial charge is 0.507 e. The zero-order valence-electron chi connectivity index (χ0n) is 19.3. The van der Waals surface area contributed by atoms with Gasteiger partial charge in [0.1, 0.15) is 18.1 Å². The topological polar surface area (TPSA) is 122 Å². The molecule has 1 aliphatic heterocycles. The molecular formula is C25H25N9O. The summed E-state index contributed by atoms with van der Waals surface area (Å²) in [6.07, 6.45) is 5.33. The highest BCUT2D eigenvalue weighted by atomic mass is 16.3. The number of rotatable bonds is 4. The van der Waals surface area contributed by atoms with E-state index in [4.69, 9.17) is 5.73 Å². The lowest BCUT2D eigenvalue weighted by Crippen LogP contribution is -2.52. The molecular weight excluding hydrogens is 442 g/mol. The molecule has 0 radical (unpaired) electrons. The smallest absolute Gasteiger partial charge is 0.206 e. The van der Waals surface area contributed by atoms with Gasteiger partial charge >= 0.3 is 0 Å². The summed E-state index contributed by atoms with van der Waals surface area (Å²) in [5.74, 6) is 7.92. The van der Waals surface area contributed by atoms with Crippen LogP contribution in [0.25, 0.3) is 11.3 Å². The molecule has 0 saturated carbocycles. The van der Waals surface area contributed by atoms with Gasteiger partial charge in [0, 0.05) is 49.8 Å². The van der Waals surface area contributed by atoms with Gasteiger partial charge in [0.2, 0.25) is 5.82 Å². The Bertz CT molecular complexity index is 1380. The molecule has 3 aromatic heterocycles. The first-order valence-corrected chi connectivity index (χ1v) is 11.3. The number of phenols is 1. The Morgan fingerprint density at radius 1 is 1.11 bits per heavy atom. The number of benzene rings is 1. The fourth-order valence-electron chi connectivity index (χ4n) is 4.15. The number of aromatic nitrogens is 6. The molecule has 10 heteroatoms. The van der Waals surface area contributed by atoms with Gasteiger partial charge in [-0.25, -0.2) is 9.97 Å². The van der Waals surface area contributed by atoms with Crippen LogP contribution in [0.1, 0.15) is 12.7 Å². The van der Waals surface area contributed by atoms with Crippen molar-refractivity contribution in [1.82, 2.24) is 29.9 Å². The predicted octanol–water partition coefficient (Wildman–Crippen LogP) is 2.18. The normalized spacial score (nSPS) is 15.5. The van der Waals surface area contributed by atoms with Crippen LogP contribution in [0.15, 0.2) is 61.1 Å². The number of phenolic OH excluding ortho intramolecular Hbond substituents is 1. The SMILES string of the molecule is C[C@H]1CN(c2ccnc(C#CCn3cccn3)n2)CCN1c1cc(-c2ccccc2O)nnc1N. The molecule has 176 valence electrons. The number of para-hydroxylation sites is 1. The summed E-state index contributed by atoms with van der Waals surface area (Å²) in [4.78, 5) is 13.4. The van der Waals surface area contributed by atoms with E-state index in [1.54, 1.807) is 29.2 Å². The fourth-order valence-corrected chi connectivity index (χ4v) is 4.15. The van der Waals surface area contributed by atoms with E-state index >= 15 is 0 Å². The van der Waals surface area contributed by atoms with Crippen molar-refractivity contribution in [2.75, 3.05) is 35.2 Å². The van der Waals surface area contributed by atoms with E-state index in [0.717, 1.165) is 31.1 Å². The Kier molecular flexibility index (Phi) is 6.13. The highest BCUT2D eigenvalue weighted by Gasteiger charge is 2.27. The highest BCUT2D eigenvalue weighted by molar-refractivity contribution is 5.74. The van der Waals surface area contributed by atoms with E-state index in [0.29, 0.717) is 29.4 Å². The number of piperazine rings is 1. The van der Waals surface area contributed by atoms with Gasteiger partial charge in [0.15, 0.2) is 5.82 Å². The molecule has 10 nitrogen and oxygen atoms in total. The number of nitrogen functional groups attached to an aromatic ring is 1. The summed E-state index contributed by atoms with van der Waals surface area (Å²) >= 11 is 0. The van der Waals surface area contributed by atoms with Crippen molar-refractivity contribution < 1.29 is 5.11 Å². The third-order valence-corrected chi connectivity index (χ3v) is 5.88. The van der Waals surface area contributed by atoms with Crippen LogP contribution in [0.3, 0.4) is 0 Å². The molecule has 35 heavy (non-hydrogen) atoms. The standard InChI is InChI=1S/C25H25N9O/c1-18-17-32(24-9-11-27-23(29-24)8-4-12-33-13-5-10-28-33)14-15-34(18)21-16-20(30-31-25(21)26)19-6-2-3-7-22(19)35/h2-3,5-7,9-11,13,16,18,35H,12,14-15,17H2,1H3,(H2,26,31)/t18-/m0/s1. The molecule has 4 heterocycles. The minimum atomic E-state index is 0.136. The van der Waals surface area contributed by atoms with E-state index in [-0.39, 0.29) is 11.8 Å². The van der Waals surface area contributed by atoms with E-state index in [2.05, 4.69) is 53.8 Å². The second-order valence-corrected chi connectivity index (χ2v) is 8.25. The zero-order valence-corrected chi connectivity index (χ0v) is 19.3. The van der Waals surface area contributed by atoms with Gasteiger partial charge in [0.25, 0.3) is 0 Å². The first-order valence-electron chi connectivity index (χ1n) is 11.3. The molecule has 0 amide bonds. The number of aromatic hydroxyl groups is 1. The Morgan fingerprint density at radius 3 is 2.80 bits per heavy atom. The molecule has 0 aliphatic carbocycles. The van der Waals surface area contributed by atoms with Crippen LogP contribution in [0.2, 0.25) is 0 Å². The zero-order chi connectivity index (χ0) is 24.2. The maximum Gasteiger partial charge on any atom is 0.206 e. The third-order valence-electron chi connectivity index (χ3n) is 5.88. The van der Waals surface area contributed by atoms with Crippen LogP contribution in [-0.2, 0) is 6.54 Å². The van der Waals surface area contributed by atoms with Gasteiger partial charge in [-0.15, -0.1) is 10.2 Å². The number of nitrogens with two attached hydrogens (primary N) is 1. The first-order chi connectivity index (χ1) is 17.1. The van der Waals surface area contributed by atoms with Gasteiger partial charge < -0.3 is 20.6 Å². The van der Waals surface area contributed by atoms with Crippen molar-refractivity contribution in [1.29, 1.82) is 0 Å². The van der Waals surface area contributed by atoms with Crippen molar-refractivity contribution >= 4 is 17.3 Å². The van der Waals surface area contributed by atoms with Crippen LogP contribution in [0, 0.1) is 11.8 Å². The lowest BCUT2D eigenvalue weighted by atomic mass is 10.1. The molecule has 1 fully saturated rings. The van der Waals surface area contributed by atoms with Crippen LogP contribution < -0.4 is 15.5 Å². The minimum Gasteiger partial charge on any atom is -0.507 e. The molecule has 5 rings (SSSR count). The molecule has 1 aromatic carbocycles. The van der Waals surface area contributed by atoms with Gasteiger partial charge in [-0.2, -0.15) is 5.10 Å². The van der Waals surface area contributed by atoms with E-state index in [1.807, 2.05) is 36.5 Å². The number of nitrogens with zero attached hydrogens (tertiary/aromatic N) is 8. The average molecular weight is 468 g/mol. The van der Waals surface area contributed by atoms with Gasteiger partial charge in [-0.05, 0) is 43.2 Å². The molecule has 4 aromatic rings. The Morgan fingerprint density at radius 2 is 2.00 bits per heavy atom. The summed E-state index contributed by atoms with van der Waals surface area (Å²) in [5.41, 5.74) is 8.22. The molecule has 3 N–H and O–H groups in total. The van der Waals surface area contributed by atoms with Crippen molar-refractivity contribution in [3.63, 3.8) is 0 Å². The van der Waals surface area contributed by atoms with Gasteiger partial charge in [-0.1, -0.05) is 18.1 Å². The quantitative estimate of drug-likeness (QED) is 0.435. The monoisotopic (exact) mass is 467 g/mol. The first kappa shape index (κ1) is 22.2. The molecule has 1 saturated heterocycles. The molecule has 0 unspecified atom stereocenters. The Hall–Kier alpha value is -4.65. The lowest BCUT2D eigenvalue weighted by molar-refractivity contribution is 0.477. The third kappa shape index (κ3) is 4.84. The second-order valence-electron chi connectivity index (χ2n) is 8.25. The number of anilines is 3. The van der Waals surface area contributed by atoms with Crippen LogP contribution in [-0.4, -0.2) is 60.7 Å². The molecule has 1 aliphatic rings.